The predicted octanol–water partition coefficient (Wildman–Crippen LogP) is 0.942. The highest BCUT2D eigenvalue weighted by atomic mass is 127. The van der Waals surface area contributed by atoms with Crippen molar-refractivity contribution in [3.05, 3.63) is 40.3 Å². The molecule has 0 fully saturated rings. The topological polar surface area (TPSA) is 64.0 Å². The van der Waals surface area contributed by atoms with E-state index < -0.39 is 0 Å². The van der Waals surface area contributed by atoms with E-state index in [9.17, 15) is 9.59 Å². The average Bonchev–Trinajstić information content (AvgIpc) is 2.35. The van der Waals surface area contributed by atoms with E-state index in [0.29, 0.717) is 11.1 Å². The van der Waals surface area contributed by atoms with Gasteiger partial charge in [-0.05, 0) is 6.07 Å². The van der Waals surface area contributed by atoms with E-state index in [4.69, 9.17) is 0 Å². The van der Waals surface area contributed by atoms with Crippen LogP contribution in [0.3, 0.4) is 0 Å². The van der Waals surface area contributed by atoms with Gasteiger partial charge in [-0.2, -0.15) is 5.10 Å². The van der Waals surface area contributed by atoms with Gasteiger partial charge >= 0.3 is 0 Å². The van der Waals surface area contributed by atoms with Gasteiger partial charge in [-0.25, -0.2) is 4.68 Å². The third kappa shape index (κ3) is 2.31. The molecule has 0 aliphatic heterocycles. The highest BCUT2D eigenvalue weighted by Crippen LogP contribution is 2.13. The Morgan fingerprint density at radius 2 is 2.06 bits per heavy atom. The fourth-order valence-corrected chi connectivity index (χ4v) is 1.88. The van der Waals surface area contributed by atoms with Crippen LogP contribution >= 0.6 is 22.9 Å². The molecule has 0 aliphatic carbocycles. The number of hydrogen-bond donors (Lipinski definition) is 1. The zero-order chi connectivity index (χ0) is 12.4. The second-order valence-corrected chi connectivity index (χ2v) is 4.15. The largest absolute Gasteiger partial charge is 0.298 e. The normalized spacial score (nSPS) is 10.5. The van der Waals surface area contributed by atoms with Gasteiger partial charge in [0.2, 0.25) is 5.91 Å². The summed E-state index contributed by atoms with van der Waals surface area (Å²) in [4.78, 5) is 23.2. The van der Waals surface area contributed by atoms with E-state index in [1.54, 1.807) is 48.1 Å². The number of hydrogen-bond acceptors (Lipinski definition) is 3. The Hall–Kier alpha value is -1.44. The molecule has 17 heavy (non-hydrogen) atoms. The van der Waals surface area contributed by atoms with Crippen LogP contribution < -0.4 is 9.09 Å². The molecule has 2 rings (SSSR count). The summed E-state index contributed by atoms with van der Waals surface area (Å²) in [5.41, 5.74) is 0.455. The Kier molecular flexibility index (Phi) is 3.41. The first-order valence-corrected chi connectivity index (χ1v) is 6.05. The van der Waals surface area contributed by atoms with Crippen molar-refractivity contribution in [1.29, 1.82) is 0 Å². The minimum absolute atomic E-state index is 0.137. The third-order valence-electron chi connectivity index (χ3n) is 2.47. The monoisotopic (exact) mass is 343 g/mol. The van der Waals surface area contributed by atoms with Gasteiger partial charge in [-0.15, -0.1) is 0 Å². The maximum Gasteiger partial charge on any atom is 0.274 e. The molecule has 0 radical (unpaired) electrons. The Balaban J connectivity index is 2.67. The van der Waals surface area contributed by atoms with Gasteiger partial charge < -0.3 is 0 Å². The van der Waals surface area contributed by atoms with Crippen LogP contribution in [0.25, 0.3) is 10.8 Å². The summed E-state index contributed by atoms with van der Waals surface area (Å²) < 4.78 is 3.78. The van der Waals surface area contributed by atoms with Crippen molar-refractivity contribution in [2.45, 2.75) is 6.42 Å². The highest BCUT2D eigenvalue weighted by molar-refractivity contribution is 14.1. The van der Waals surface area contributed by atoms with Crippen molar-refractivity contribution >= 4 is 39.5 Å². The summed E-state index contributed by atoms with van der Waals surface area (Å²) >= 11 is 1.78. The number of nitrogens with one attached hydrogen (secondary N) is 1. The lowest BCUT2D eigenvalue weighted by atomic mass is 10.1. The molecular weight excluding hydrogens is 333 g/mol. The zero-order valence-corrected chi connectivity index (χ0v) is 11.3. The van der Waals surface area contributed by atoms with E-state index in [-0.39, 0.29) is 17.9 Å². The smallest absolute Gasteiger partial charge is 0.274 e. The minimum atomic E-state index is -0.153. The number of fused-ring (bicyclic) bond motifs is 1. The summed E-state index contributed by atoms with van der Waals surface area (Å²) in [6.45, 7) is 0. The van der Waals surface area contributed by atoms with Crippen molar-refractivity contribution in [3.8, 4) is 0 Å². The first-order valence-electron chi connectivity index (χ1n) is 4.98. The van der Waals surface area contributed by atoms with Crippen LogP contribution in [0.5, 0.6) is 0 Å². The van der Waals surface area contributed by atoms with Crippen LogP contribution in [0, 0.1) is 0 Å². The van der Waals surface area contributed by atoms with E-state index >= 15 is 0 Å². The van der Waals surface area contributed by atoms with Crippen molar-refractivity contribution in [2.75, 3.05) is 0 Å². The molecule has 0 spiro atoms. The number of halogens is 1. The van der Waals surface area contributed by atoms with Crippen molar-refractivity contribution < 1.29 is 4.79 Å². The Morgan fingerprint density at radius 3 is 2.71 bits per heavy atom. The van der Waals surface area contributed by atoms with Crippen LogP contribution in [0.4, 0.5) is 0 Å². The number of rotatable bonds is 2. The fourth-order valence-electron chi connectivity index (χ4n) is 1.69. The molecule has 2 aromatic rings. The molecule has 0 saturated heterocycles. The first-order chi connectivity index (χ1) is 8.13. The van der Waals surface area contributed by atoms with Crippen LogP contribution in [-0.2, 0) is 18.3 Å². The van der Waals surface area contributed by atoms with Crippen molar-refractivity contribution in [2.24, 2.45) is 7.05 Å². The molecule has 0 saturated carbocycles. The molecule has 0 atom stereocenters. The van der Waals surface area contributed by atoms with Crippen molar-refractivity contribution in [3.63, 3.8) is 0 Å². The molecule has 0 bridgehead atoms. The molecule has 5 nitrogen and oxygen atoms in total. The lowest BCUT2D eigenvalue weighted by Crippen LogP contribution is -2.24. The number of carbonyl (C=O) groups excluding carboxylic acids is 1. The molecule has 88 valence electrons. The summed E-state index contributed by atoms with van der Waals surface area (Å²) in [6, 6.07) is 7.17. The first kappa shape index (κ1) is 12.0. The lowest BCUT2D eigenvalue weighted by Gasteiger charge is -2.06. The summed E-state index contributed by atoms with van der Waals surface area (Å²) in [6.07, 6.45) is 0.164. The maximum absolute atomic E-state index is 11.8. The Bertz CT molecular complexity index is 636. The average molecular weight is 343 g/mol. The molecule has 1 heterocycles. The predicted molar refractivity (Wildman–Crippen MR) is 72.9 cm³/mol. The molecule has 0 aliphatic rings. The van der Waals surface area contributed by atoms with Gasteiger partial charge in [-0.1, -0.05) is 18.2 Å². The minimum Gasteiger partial charge on any atom is -0.298 e. The Labute approximate surface area is 111 Å². The molecule has 1 aromatic heterocycles. The second kappa shape index (κ2) is 4.82. The van der Waals surface area contributed by atoms with E-state index in [0.717, 1.165) is 5.39 Å². The molecule has 1 N–H and O–H groups in total. The second-order valence-electron chi connectivity index (χ2n) is 3.62. The summed E-state index contributed by atoms with van der Waals surface area (Å²) in [7, 11) is 1.58. The van der Waals surface area contributed by atoms with Crippen LogP contribution in [0.2, 0.25) is 0 Å². The van der Waals surface area contributed by atoms with Gasteiger partial charge in [0.15, 0.2) is 0 Å². The van der Waals surface area contributed by atoms with Crippen LogP contribution in [0.15, 0.2) is 29.1 Å². The summed E-state index contributed by atoms with van der Waals surface area (Å²) in [5, 5.41) is 5.45. The molecule has 0 unspecified atom stereocenters. The maximum atomic E-state index is 11.8. The molecule has 1 amide bonds. The van der Waals surface area contributed by atoms with E-state index in [1.165, 1.54) is 4.68 Å². The number of aryl methyl sites for hydroxylation is 1. The zero-order valence-electron chi connectivity index (χ0n) is 9.11. The Morgan fingerprint density at radius 1 is 1.41 bits per heavy atom. The number of benzene rings is 1. The lowest BCUT2D eigenvalue weighted by molar-refractivity contribution is -0.118. The number of aromatic nitrogens is 2. The third-order valence-corrected chi connectivity index (χ3v) is 3.07. The standard InChI is InChI=1S/C11H10IN3O2/c1-15-11(17)8-5-3-2-4-7(8)9(14-15)6-10(16)13-12/h2-5H,6H2,1H3,(H,13,16). The number of nitrogens with zero attached hydrogens (tertiary/aromatic N) is 2. The molecule has 1 aromatic carbocycles. The van der Waals surface area contributed by atoms with Crippen LogP contribution in [0.1, 0.15) is 5.69 Å². The summed E-state index contributed by atoms with van der Waals surface area (Å²) in [5.74, 6) is -0.137. The van der Waals surface area contributed by atoms with E-state index in [1.807, 2.05) is 6.07 Å². The van der Waals surface area contributed by atoms with Gasteiger partial charge in [0.05, 0.1) is 40.4 Å². The van der Waals surface area contributed by atoms with E-state index in [2.05, 4.69) is 8.63 Å². The number of carbonyl (C=O) groups is 1. The van der Waals surface area contributed by atoms with Crippen LogP contribution in [-0.4, -0.2) is 15.7 Å². The van der Waals surface area contributed by atoms with Crippen molar-refractivity contribution in [1.82, 2.24) is 13.3 Å². The van der Waals surface area contributed by atoms with Gasteiger partial charge in [0.25, 0.3) is 5.56 Å². The number of amides is 1. The molecular formula is C11H10IN3O2. The van der Waals surface area contributed by atoms with Gasteiger partial charge in [0, 0.05) is 12.4 Å². The van der Waals surface area contributed by atoms with Gasteiger partial charge in [-0.3, -0.25) is 13.1 Å². The molecule has 6 heteroatoms. The quantitative estimate of drug-likeness (QED) is 0.652. The van der Waals surface area contributed by atoms with Gasteiger partial charge in [0.1, 0.15) is 0 Å². The highest BCUT2D eigenvalue weighted by Gasteiger charge is 2.11. The SMILES string of the molecule is Cn1nc(CC(=O)NI)c2ccccc2c1=O. The fraction of sp³-hybridized carbons (Fsp3) is 0.182.